The molecule has 1 N–H and O–H groups in total. The number of carbonyl (C=O) groups excluding carboxylic acids is 1. The maximum atomic E-state index is 12.6. The first kappa shape index (κ1) is 25.8. The van der Waals surface area contributed by atoms with Gasteiger partial charge in [-0.25, -0.2) is 9.97 Å². The number of anilines is 2. The van der Waals surface area contributed by atoms with Crippen LogP contribution in [0.25, 0.3) is 11.3 Å². The van der Waals surface area contributed by atoms with Crippen LogP contribution in [0.1, 0.15) is 38.3 Å². The molecule has 192 valence electrons. The number of nitrogens with one attached hydrogen (secondary N) is 1. The summed E-state index contributed by atoms with van der Waals surface area (Å²) in [5.41, 5.74) is 4.80. The van der Waals surface area contributed by atoms with Crippen molar-refractivity contribution in [3.63, 3.8) is 0 Å². The third-order valence-corrected chi connectivity index (χ3v) is 6.04. The number of carbonyl (C=O) groups is 1. The van der Waals surface area contributed by atoms with Crippen LogP contribution in [0.5, 0.6) is 0 Å². The Morgan fingerprint density at radius 1 is 1.22 bits per heavy atom. The lowest BCUT2D eigenvalue weighted by Crippen LogP contribution is -2.56. The van der Waals surface area contributed by atoms with Crippen molar-refractivity contribution in [1.29, 1.82) is 0 Å². The van der Waals surface area contributed by atoms with Crippen molar-refractivity contribution >= 4 is 17.5 Å². The van der Waals surface area contributed by atoms with E-state index in [9.17, 15) is 4.79 Å². The van der Waals surface area contributed by atoms with Crippen molar-refractivity contribution < 1.29 is 14.3 Å². The molecule has 1 amide bonds. The first-order valence-electron chi connectivity index (χ1n) is 12.4. The molecule has 1 aliphatic heterocycles. The monoisotopic (exact) mass is 492 g/mol. The number of amides is 1. The number of methoxy groups -OCH3 is 1. The molecule has 0 unspecified atom stereocenters. The maximum Gasteiger partial charge on any atom is 0.227 e. The minimum atomic E-state index is -0.174. The zero-order valence-electron chi connectivity index (χ0n) is 21.8. The molecule has 0 spiro atoms. The Morgan fingerprint density at radius 3 is 2.75 bits per heavy atom. The molecule has 9 heteroatoms. The number of likely N-dealkylation sites (tertiary alicyclic amines) is 1. The fourth-order valence-electron chi connectivity index (χ4n) is 4.20. The minimum Gasteiger partial charge on any atom is -0.383 e. The molecule has 9 nitrogen and oxygen atoms in total. The number of aryl methyl sites for hydroxylation is 2. The van der Waals surface area contributed by atoms with Crippen molar-refractivity contribution in [3.05, 3.63) is 54.0 Å². The van der Waals surface area contributed by atoms with Crippen molar-refractivity contribution in [2.75, 3.05) is 32.1 Å². The van der Waals surface area contributed by atoms with Crippen LogP contribution in [-0.2, 0) is 27.2 Å². The average Bonchev–Trinajstić information content (AvgIpc) is 3.25. The van der Waals surface area contributed by atoms with Gasteiger partial charge >= 0.3 is 0 Å². The molecule has 0 aliphatic carbocycles. The van der Waals surface area contributed by atoms with Gasteiger partial charge < -0.3 is 19.7 Å². The number of nitrogens with zero attached hydrogens (tertiary/aromatic N) is 5. The van der Waals surface area contributed by atoms with E-state index < -0.39 is 0 Å². The van der Waals surface area contributed by atoms with E-state index in [0.29, 0.717) is 38.6 Å². The van der Waals surface area contributed by atoms with Crippen molar-refractivity contribution in [2.45, 2.75) is 58.8 Å². The zero-order chi connectivity index (χ0) is 25.7. The van der Waals surface area contributed by atoms with E-state index in [1.165, 1.54) is 5.56 Å². The lowest BCUT2D eigenvalue weighted by molar-refractivity contribution is -0.157. The number of hydrogen-bond acceptors (Lipinski definition) is 7. The molecular weight excluding hydrogens is 456 g/mol. The molecule has 1 aromatic carbocycles. The molecule has 1 saturated heterocycles. The van der Waals surface area contributed by atoms with Gasteiger partial charge in [0, 0.05) is 44.6 Å². The molecule has 0 atom stereocenters. The Kier molecular flexibility index (Phi) is 8.01. The highest BCUT2D eigenvalue weighted by atomic mass is 16.5. The molecule has 0 saturated carbocycles. The van der Waals surface area contributed by atoms with E-state index in [0.717, 1.165) is 28.9 Å². The SMILES string of the molecule is COCCn1cc(Nc2nccc(-c3ccc(CCC(=O)N4CC(OC(C)(C)C)C4)c(C)c3)n2)cn1. The first-order valence-corrected chi connectivity index (χ1v) is 12.4. The summed E-state index contributed by atoms with van der Waals surface area (Å²) in [7, 11) is 1.67. The highest BCUT2D eigenvalue weighted by Crippen LogP contribution is 2.24. The minimum absolute atomic E-state index is 0.147. The van der Waals surface area contributed by atoms with Crippen LogP contribution in [0.15, 0.2) is 42.9 Å². The van der Waals surface area contributed by atoms with Gasteiger partial charge in [-0.05, 0) is 57.4 Å². The lowest BCUT2D eigenvalue weighted by atomic mass is 9.99. The van der Waals surface area contributed by atoms with Gasteiger partial charge in [-0.15, -0.1) is 0 Å². The molecule has 1 fully saturated rings. The van der Waals surface area contributed by atoms with Crippen LogP contribution in [0.2, 0.25) is 0 Å². The number of rotatable bonds is 10. The standard InChI is InChI=1S/C27H36N6O3/c1-19-14-21(7-6-20(19)8-9-25(34)32-17-23(18-32)36-27(2,3)4)24-10-11-28-26(31-24)30-22-15-29-33(16-22)12-13-35-5/h6-7,10-11,14-16,23H,8-9,12-13,17-18H2,1-5H3,(H,28,30,31). The second-order valence-corrected chi connectivity index (χ2v) is 10.2. The van der Waals surface area contributed by atoms with Crippen molar-refractivity contribution in [2.24, 2.45) is 0 Å². The van der Waals surface area contributed by atoms with Crippen LogP contribution in [0.3, 0.4) is 0 Å². The Morgan fingerprint density at radius 2 is 2.03 bits per heavy atom. The van der Waals surface area contributed by atoms with Gasteiger partial charge in [-0.2, -0.15) is 5.10 Å². The largest absolute Gasteiger partial charge is 0.383 e. The van der Waals surface area contributed by atoms with Gasteiger partial charge in [0.15, 0.2) is 0 Å². The number of ether oxygens (including phenoxy) is 2. The molecule has 3 heterocycles. The fourth-order valence-corrected chi connectivity index (χ4v) is 4.20. The number of benzene rings is 1. The molecule has 36 heavy (non-hydrogen) atoms. The second kappa shape index (κ2) is 11.2. The number of hydrogen-bond donors (Lipinski definition) is 1. The van der Waals surface area contributed by atoms with Crippen LogP contribution in [0.4, 0.5) is 11.6 Å². The van der Waals surface area contributed by atoms with Gasteiger partial charge in [-0.1, -0.05) is 12.1 Å². The van der Waals surface area contributed by atoms with Gasteiger partial charge in [0.1, 0.15) is 0 Å². The van der Waals surface area contributed by atoms with Crippen LogP contribution < -0.4 is 5.32 Å². The van der Waals surface area contributed by atoms with E-state index in [2.05, 4.69) is 45.5 Å². The summed E-state index contributed by atoms with van der Waals surface area (Å²) in [6.45, 7) is 10.9. The molecule has 4 rings (SSSR count). The summed E-state index contributed by atoms with van der Waals surface area (Å²) in [5, 5.41) is 7.51. The molecule has 0 radical (unpaired) electrons. The summed E-state index contributed by atoms with van der Waals surface area (Å²) < 4.78 is 12.8. The predicted octanol–water partition coefficient (Wildman–Crippen LogP) is 4.00. The molecule has 2 aromatic heterocycles. The summed E-state index contributed by atoms with van der Waals surface area (Å²) in [6, 6.07) is 8.16. The van der Waals surface area contributed by atoms with Crippen LogP contribution in [0, 0.1) is 6.92 Å². The Bertz CT molecular complexity index is 1180. The maximum absolute atomic E-state index is 12.6. The van der Waals surface area contributed by atoms with Crippen molar-refractivity contribution in [3.8, 4) is 11.3 Å². The topological polar surface area (TPSA) is 94.4 Å². The highest BCUT2D eigenvalue weighted by molar-refractivity contribution is 5.77. The Balaban J connectivity index is 1.32. The van der Waals surface area contributed by atoms with E-state index in [1.54, 1.807) is 19.5 Å². The van der Waals surface area contributed by atoms with Gasteiger partial charge in [-0.3, -0.25) is 9.48 Å². The van der Waals surface area contributed by atoms with Crippen LogP contribution in [-0.4, -0.2) is 69.1 Å². The van der Waals surface area contributed by atoms with Crippen LogP contribution >= 0.6 is 0 Å². The highest BCUT2D eigenvalue weighted by Gasteiger charge is 2.33. The van der Waals surface area contributed by atoms with E-state index in [1.807, 2.05) is 42.6 Å². The summed E-state index contributed by atoms with van der Waals surface area (Å²) in [4.78, 5) is 23.5. The number of aromatic nitrogens is 4. The normalized spacial score (nSPS) is 14.1. The fraction of sp³-hybridized carbons (Fsp3) is 0.481. The lowest BCUT2D eigenvalue weighted by Gasteiger charge is -2.42. The Hall–Kier alpha value is -3.30. The quantitative estimate of drug-likeness (QED) is 0.457. The molecule has 0 bridgehead atoms. The summed E-state index contributed by atoms with van der Waals surface area (Å²) in [6.07, 6.45) is 6.75. The van der Waals surface area contributed by atoms with E-state index in [4.69, 9.17) is 9.47 Å². The summed E-state index contributed by atoms with van der Waals surface area (Å²) >= 11 is 0. The van der Waals surface area contributed by atoms with E-state index >= 15 is 0 Å². The van der Waals surface area contributed by atoms with E-state index in [-0.39, 0.29) is 17.6 Å². The third kappa shape index (κ3) is 6.89. The second-order valence-electron chi connectivity index (χ2n) is 10.2. The molecular formula is C27H36N6O3. The van der Waals surface area contributed by atoms with Gasteiger partial charge in [0.05, 0.1) is 42.4 Å². The third-order valence-electron chi connectivity index (χ3n) is 6.04. The van der Waals surface area contributed by atoms with Crippen molar-refractivity contribution in [1.82, 2.24) is 24.6 Å². The molecule has 1 aliphatic rings. The predicted molar refractivity (Wildman–Crippen MR) is 139 cm³/mol. The van der Waals surface area contributed by atoms with Gasteiger partial charge in [0.25, 0.3) is 0 Å². The smallest absolute Gasteiger partial charge is 0.227 e. The molecule has 3 aromatic rings. The Labute approximate surface area is 212 Å². The average molecular weight is 493 g/mol. The zero-order valence-corrected chi connectivity index (χ0v) is 21.8. The van der Waals surface area contributed by atoms with Gasteiger partial charge in [0.2, 0.25) is 11.9 Å². The summed E-state index contributed by atoms with van der Waals surface area (Å²) in [5.74, 6) is 0.693. The first-order chi connectivity index (χ1) is 17.2.